The number of aldehydes is 1. The Labute approximate surface area is 108 Å². The third-order valence-electron chi connectivity index (χ3n) is 2.53. The van der Waals surface area contributed by atoms with Gasteiger partial charge in [0.2, 0.25) is 0 Å². The van der Waals surface area contributed by atoms with Crippen LogP contribution in [0, 0.1) is 0 Å². The van der Waals surface area contributed by atoms with E-state index in [9.17, 15) is 4.79 Å². The summed E-state index contributed by atoms with van der Waals surface area (Å²) in [5.41, 5.74) is 1.41. The minimum atomic E-state index is -0.0836. The topological polar surface area (TPSA) is 20.3 Å². The van der Waals surface area contributed by atoms with E-state index < -0.39 is 0 Å². The van der Waals surface area contributed by atoms with Crippen molar-refractivity contribution in [1.82, 2.24) is 0 Å². The summed E-state index contributed by atoms with van der Waals surface area (Å²) in [6.45, 7) is 10.7. The van der Waals surface area contributed by atoms with Gasteiger partial charge in [-0.2, -0.15) is 0 Å². The molecule has 0 N–H and O–H groups in total. The van der Waals surface area contributed by atoms with Gasteiger partial charge >= 0.3 is 0 Å². The van der Waals surface area contributed by atoms with Crippen LogP contribution < -0.4 is 4.90 Å². The molecule has 92 valence electrons. The SMILES string of the molecule is C=CCN(c1ccc(Cl)cc1C=O)C(C)(C)C. The molecule has 0 amide bonds. The molecule has 0 aliphatic carbocycles. The van der Waals surface area contributed by atoms with Gasteiger partial charge in [0.25, 0.3) is 0 Å². The summed E-state index contributed by atoms with van der Waals surface area (Å²) in [5, 5.41) is 0.573. The molecule has 0 unspecified atom stereocenters. The van der Waals surface area contributed by atoms with Gasteiger partial charge in [0.15, 0.2) is 6.29 Å². The first-order chi connectivity index (χ1) is 7.90. The van der Waals surface area contributed by atoms with Gasteiger partial charge in [0.05, 0.1) is 0 Å². The first kappa shape index (κ1) is 13.8. The van der Waals surface area contributed by atoms with Crippen LogP contribution in [0.25, 0.3) is 0 Å². The lowest BCUT2D eigenvalue weighted by molar-refractivity contribution is 0.112. The molecule has 0 aliphatic heterocycles. The van der Waals surface area contributed by atoms with Gasteiger partial charge in [0, 0.05) is 28.4 Å². The van der Waals surface area contributed by atoms with Crippen molar-refractivity contribution in [2.45, 2.75) is 26.3 Å². The van der Waals surface area contributed by atoms with Crippen molar-refractivity contribution >= 4 is 23.6 Å². The first-order valence-corrected chi connectivity index (χ1v) is 5.91. The second-order valence-corrected chi connectivity index (χ2v) is 5.33. The van der Waals surface area contributed by atoms with Crippen LogP contribution in [0.1, 0.15) is 31.1 Å². The molecule has 0 atom stereocenters. The summed E-state index contributed by atoms with van der Waals surface area (Å²) in [6, 6.07) is 5.36. The van der Waals surface area contributed by atoms with Crippen molar-refractivity contribution in [2.75, 3.05) is 11.4 Å². The molecule has 1 aromatic carbocycles. The number of hydrogen-bond acceptors (Lipinski definition) is 2. The number of hydrogen-bond donors (Lipinski definition) is 0. The number of carbonyl (C=O) groups excluding carboxylic acids is 1. The van der Waals surface area contributed by atoms with Crippen molar-refractivity contribution < 1.29 is 4.79 Å². The monoisotopic (exact) mass is 251 g/mol. The number of nitrogens with zero attached hydrogens (tertiary/aromatic N) is 1. The average Bonchev–Trinajstić information content (AvgIpc) is 2.25. The standard InChI is InChI=1S/C14H18ClNO/c1-5-8-16(14(2,3)4)13-7-6-12(15)9-11(13)10-17/h5-7,9-10H,1,8H2,2-4H3. The van der Waals surface area contributed by atoms with Gasteiger partial charge in [-0.15, -0.1) is 6.58 Å². The van der Waals surface area contributed by atoms with E-state index >= 15 is 0 Å². The van der Waals surface area contributed by atoms with Crippen LogP contribution in [0.15, 0.2) is 30.9 Å². The summed E-state index contributed by atoms with van der Waals surface area (Å²) in [6.07, 6.45) is 2.66. The molecule has 3 heteroatoms. The minimum Gasteiger partial charge on any atom is -0.362 e. The highest BCUT2D eigenvalue weighted by Gasteiger charge is 2.22. The van der Waals surface area contributed by atoms with E-state index in [-0.39, 0.29) is 5.54 Å². The second-order valence-electron chi connectivity index (χ2n) is 4.89. The Kier molecular flexibility index (Phi) is 4.35. The number of rotatable bonds is 4. The van der Waals surface area contributed by atoms with Crippen LogP contribution in [-0.4, -0.2) is 18.4 Å². The zero-order chi connectivity index (χ0) is 13.1. The average molecular weight is 252 g/mol. The normalized spacial score (nSPS) is 11.1. The van der Waals surface area contributed by atoms with Crippen LogP contribution >= 0.6 is 11.6 Å². The van der Waals surface area contributed by atoms with E-state index in [1.165, 1.54) is 0 Å². The lowest BCUT2D eigenvalue weighted by atomic mass is 10.0. The maximum Gasteiger partial charge on any atom is 0.152 e. The fraction of sp³-hybridized carbons (Fsp3) is 0.357. The largest absolute Gasteiger partial charge is 0.362 e. The second kappa shape index (κ2) is 5.37. The maximum atomic E-state index is 11.1. The lowest BCUT2D eigenvalue weighted by Crippen LogP contribution is -2.42. The summed E-state index contributed by atoms with van der Waals surface area (Å²) in [4.78, 5) is 13.2. The van der Waals surface area contributed by atoms with Crippen molar-refractivity contribution in [3.63, 3.8) is 0 Å². The van der Waals surface area contributed by atoms with Gasteiger partial charge in [-0.05, 0) is 39.0 Å². The molecule has 1 aromatic rings. The molecule has 0 saturated heterocycles. The van der Waals surface area contributed by atoms with Gasteiger partial charge in [-0.25, -0.2) is 0 Å². The molecular weight excluding hydrogens is 234 g/mol. The highest BCUT2D eigenvalue weighted by Crippen LogP contribution is 2.28. The quantitative estimate of drug-likeness (QED) is 0.597. The van der Waals surface area contributed by atoms with Crippen LogP contribution in [0.3, 0.4) is 0 Å². The summed E-state index contributed by atoms with van der Waals surface area (Å²) < 4.78 is 0. The molecule has 0 fully saturated rings. The Morgan fingerprint density at radius 2 is 2.06 bits per heavy atom. The minimum absolute atomic E-state index is 0.0836. The van der Waals surface area contributed by atoms with Crippen LogP contribution in [0.5, 0.6) is 0 Å². The smallest absolute Gasteiger partial charge is 0.152 e. The Balaban J connectivity index is 3.27. The Morgan fingerprint density at radius 3 is 2.53 bits per heavy atom. The molecule has 0 bridgehead atoms. The molecule has 0 aliphatic rings. The lowest BCUT2D eigenvalue weighted by Gasteiger charge is -2.37. The molecular formula is C14H18ClNO. The maximum absolute atomic E-state index is 11.1. The van der Waals surface area contributed by atoms with Crippen LogP contribution in [-0.2, 0) is 0 Å². The van der Waals surface area contributed by atoms with E-state index in [1.807, 2.05) is 12.1 Å². The highest BCUT2D eigenvalue weighted by molar-refractivity contribution is 6.31. The van der Waals surface area contributed by atoms with E-state index in [2.05, 4.69) is 32.3 Å². The Hall–Kier alpha value is -1.28. The van der Waals surface area contributed by atoms with Crippen molar-refractivity contribution in [2.24, 2.45) is 0 Å². The van der Waals surface area contributed by atoms with Crippen molar-refractivity contribution in [3.05, 3.63) is 41.4 Å². The number of halogens is 1. The molecule has 2 nitrogen and oxygen atoms in total. The van der Waals surface area contributed by atoms with Crippen LogP contribution in [0.2, 0.25) is 5.02 Å². The first-order valence-electron chi connectivity index (χ1n) is 5.53. The summed E-state index contributed by atoms with van der Waals surface area (Å²) in [5.74, 6) is 0. The third-order valence-corrected chi connectivity index (χ3v) is 2.76. The molecule has 17 heavy (non-hydrogen) atoms. The van der Waals surface area contributed by atoms with Gasteiger partial charge < -0.3 is 4.90 Å². The van der Waals surface area contributed by atoms with E-state index in [4.69, 9.17) is 11.6 Å². The number of carbonyl (C=O) groups is 1. The molecule has 0 heterocycles. The zero-order valence-electron chi connectivity index (χ0n) is 10.5. The van der Waals surface area contributed by atoms with Gasteiger partial charge in [-0.3, -0.25) is 4.79 Å². The predicted octanol–water partition coefficient (Wildman–Crippen LogP) is 3.94. The zero-order valence-corrected chi connectivity index (χ0v) is 11.3. The van der Waals surface area contributed by atoms with Gasteiger partial charge in [0.1, 0.15) is 0 Å². The fourth-order valence-corrected chi connectivity index (χ4v) is 1.91. The van der Waals surface area contributed by atoms with Crippen molar-refractivity contribution in [1.29, 1.82) is 0 Å². The predicted molar refractivity (Wildman–Crippen MR) is 74.1 cm³/mol. The molecule has 0 spiro atoms. The van der Waals surface area contributed by atoms with E-state index in [0.717, 1.165) is 12.0 Å². The van der Waals surface area contributed by atoms with Crippen LogP contribution in [0.4, 0.5) is 5.69 Å². The fourth-order valence-electron chi connectivity index (χ4n) is 1.73. The van der Waals surface area contributed by atoms with Crippen molar-refractivity contribution in [3.8, 4) is 0 Å². The van der Waals surface area contributed by atoms with Gasteiger partial charge in [-0.1, -0.05) is 17.7 Å². The summed E-state index contributed by atoms with van der Waals surface area (Å²) >= 11 is 5.89. The third kappa shape index (κ3) is 3.34. The van der Waals surface area contributed by atoms with E-state index in [0.29, 0.717) is 17.1 Å². The number of anilines is 1. The Bertz CT molecular complexity index is 421. The number of benzene rings is 1. The molecule has 0 radical (unpaired) electrons. The highest BCUT2D eigenvalue weighted by atomic mass is 35.5. The molecule has 0 saturated carbocycles. The summed E-state index contributed by atoms with van der Waals surface area (Å²) in [7, 11) is 0. The molecule has 1 rings (SSSR count). The van der Waals surface area contributed by atoms with E-state index in [1.54, 1.807) is 12.1 Å². The Morgan fingerprint density at radius 1 is 1.41 bits per heavy atom. The molecule has 0 aromatic heterocycles.